The summed E-state index contributed by atoms with van der Waals surface area (Å²) >= 11 is 1.38. The van der Waals surface area contributed by atoms with Crippen LogP contribution >= 0.6 is 11.3 Å². The van der Waals surface area contributed by atoms with Crippen molar-refractivity contribution in [3.63, 3.8) is 0 Å². The molecule has 0 bridgehead atoms. The van der Waals surface area contributed by atoms with Crippen molar-refractivity contribution in [1.82, 2.24) is 29.8 Å². The van der Waals surface area contributed by atoms with E-state index in [1.807, 2.05) is 25.1 Å². The third kappa shape index (κ3) is 5.42. The summed E-state index contributed by atoms with van der Waals surface area (Å²) in [7, 11) is -3.51. The van der Waals surface area contributed by atoms with Crippen molar-refractivity contribution in [3.05, 3.63) is 51.1 Å². The van der Waals surface area contributed by atoms with Crippen LogP contribution < -0.4 is 10.6 Å². The van der Waals surface area contributed by atoms with E-state index < -0.39 is 22.1 Å². The number of thiazole rings is 1. The van der Waals surface area contributed by atoms with Gasteiger partial charge in [-0.1, -0.05) is 11.6 Å². The van der Waals surface area contributed by atoms with E-state index in [0.717, 1.165) is 52.8 Å². The second-order valence-electron chi connectivity index (χ2n) is 10.2. The van der Waals surface area contributed by atoms with E-state index in [1.54, 1.807) is 6.07 Å². The summed E-state index contributed by atoms with van der Waals surface area (Å²) in [5.41, 5.74) is 3.26. The van der Waals surface area contributed by atoms with E-state index in [1.165, 1.54) is 15.6 Å². The molecule has 0 aliphatic carbocycles. The van der Waals surface area contributed by atoms with Gasteiger partial charge in [0.15, 0.2) is 5.01 Å². The smallest absolute Gasteiger partial charge is 0.280 e. The Morgan fingerprint density at radius 3 is 2.51 bits per heavy atom. The molecule has 37 heavy (non-hydrogen) atoms. The van der Waals surface area contributed by atoms with E-state index in [4.69, 9.17) is 0 Å². The second-order valence-corrected chi connectivity index (χ2v) is 13.3. The summed E-state index contributed by atoms with van der Waals surface area (Å²) in [5.74, 6) is -0.705. The molecule has 0 radical (unpaired) electrons. The Morgan fingerprint density at radius 1 is 1.14 bits per heavy atom. The molecule has 12 heteroatoms. The first-order valence-electron chi connectivity index (χ1n) is 12.4. The number of nitrogens with zero attached hydrogens (tertiary/aromatic N) is 3. The van der Waals surface area contributed by atoms with E-state index in [0.29, 0.717) is 16.7 Å². The van der Waals surface area contributed by atoms with Crippen LogP contribution in [0.15, 0.2) is 24.3 Å². The lowest BCUT2D eigenvalue weighted by atomic mass is 10.1. The highest BCUT2D eigenvalue weighted by Gasteiger charge is 2.39. The number of benzene rings is 1. The number of carbonyl (C=O) groups is 2. The highest BCUT2D eigenvalue weighted by atomic mass is 32.2. The second kappa shape index (κ2) is 9.82. The predicted octanol–water partition coefficient (Wildman–Crippen LogP) is 1.87. The van der Waals surface area contributed by atoms with Crippen molar-refractivity contribution in [2.75, 3.05) is 25.9 Å². The molecule has 2 atom stereocenters. The Hall–Kier alpha value is -2.80. The third-order valence-corrected chi connectivity index (χ3v) is 9.41. The maximum atomic E-state index is 13.2. The zero-order valence-electron chi connectivity index (χ0n) is 21.4. The minimum absolute atomic E-state index is 0.0760. The van der Waals surface area contributed by atoms with Gasteiger partial charge in [-0.25, -0.2) is 13.4 Å². The summed E-state index contributed by atoms with van der Waals surface area (Å²) in [6.45, 7) is 8.11. The minimum atomic E-state index is -3.51. The van der Waals surface area contributed by atoms with Gasteiger partial charge in [-0.3, -0.25) is 14.5 Å². The van der Waals surface area contributed by atoms with Gasteiger partial charge in [0.25, 0.3) is 11.8 Å². The van der Waals surface area contributed by atoms with Crippen LogP contribution in [-0.2, 0) is 23.0 Å². The van der Waals surface area contributed by atoms with E-state index >= 15 is 0 Å². The van der Waals surface area contributed by atoms with E-state index in [2.05, 4.69) is 39.3 Å². The average molecular weight is 545 g/mol. The van der Waals surface area contributed by atoms with E-state index in [-0.39, 0.29) is 24.9 Å². The van der Waals surface area contributed by atoms with Crippen molar-refractivity contribution in [3.8, 4) is 0 Å². The Morgan fingerprint density at radius 2 is 1.84 bits per heavy atom. The van der Waals surface area contributed by atoms with Crippen molar-refractivity contribution >= 4 is 44.1 Å². The van der Waals surface area contributed by atoms with Gasteiger partial charge in [0.2, 0.25) is 10.0 Å². The molecule has 5 rings (SSSR count). The molecule has 0 spiro atoms. The molecule has 1 saturated heterocycles. The molecule has 1 aromatic carbocycles. The Kier molecular flexibility index (Phi) is 6.86. The highest BCUT2D eigenvalue weighted by Crippen LogP contribution is 2.27. The standard InChI is InChI=1S/C25H32N6O4S2/c1-14(2)30-8-7-18-22(13-30)36-25(29-18)24(33)28-21-12-31(37(4,34)35)11-20(21)27-23(32)19-10-16-9-15(3)5-6-17(16)26-19/h5-6,9-10,14,20-21,26H,7-8,11-13H2,1-4H3,(H,27,32)(H,28,33)/t20-,21-/m1/s1. The third-order valence-electron chi connectivity index (χ3n) is 7.09. The number of nitrogens with one attached hydrogen (secondary N) is 3. The average Bonchev–Trinajstić information content (AvgIpc) is 3.54. The van der Waals surface area contributed by atoms with Crippen LogP contribution in [-0.4, -0.2) is 83.4 Å². The van der Waals surface area contributed by atoms with E-state index in [9.17, 15) is 18.0 Å². The van der Waals surface area contributed by atoms with Gasteiger partial charge in [-0.15, -0.1) is 11.3 Å². The predicted molar refractivity (Wildman–Crippen MR) is 143 cm³/mol. The molecule has 10 nitrogen and oxygen atoms in total. The number of hydrogen-bond donors (Lipinski definition) is 3. The van der Waals surface area contributed by atoms with Crippen molar-refractivity contribution < 1.29 is 18.0 Å². The molecule has 0 saturated carbocycles. The summed E-state index contributed by atoms with van der Waals surface area (Å²) in [6, 6.07) is 6.87. The van der Waals surface area contributed by atoms with Gasteiger partial charge in [0.05, 0.1) is 24.0 Å². The number of aromatic nitrogens is 2. The van der Waals surface area contributed by atoms with Crippen molar-refractivity contribution in [1.29, 1.82) is 0 Å². The van der Waals surface area contributed by atoms with Gasteiger partial charge in [-0.2, -0.15) is 4.31 Å². The molecule has 2 aliphatic heterocycles. The SMILES string of the molecule is Cc1ccc2[nH]c(C(=O)N[C@@H]3CN(S(C)(=O)=O)C[C@H]3NC(=O)c3nc4c(s3)CN(C(C)C)CC4)cc2c1. The summed E-state index contributed by atoms with van der Waals surface area (Å²) in [4.78, 5) is 37.4. The molecular formula is C25H32N6O4S2. The molecule has 1 fully saturated rings. The van der Waals surface area contributed by atoms with Crippen LogP contribution in [0.4, 0.5) is 0 Å². The fourth-order valence-electron chi connectivity index (χ4n) is 4.93. The van der Waals surface area contributed by atoms with Gasteiger partial charge in [0.1, 0.15) is 5.69 Å². The number of hydrogen-bond acceptors (Lipinski definition) is 7. The number of aromatic amines is 1. The Labute approximate surface area is 220 Å². The number of carbonyl (C=O) groups excluding carboxylic acids is 2. The lowest BCUT2D eigenvalue weighted by molar-refractivity contribution is 0.0894. The lowest BCUT2D eigenvalue weighted by Crippen LogP contribution is -2.51. The molecule has 3 N–H and O–H groups in total. The number of fused-ring (bicyclic) bond motifs is 2. The first-order valence-corrected chi connectivity index (χ1v) is 15.0. The Balaban J connectivity index is 1.32. The summed E-state index contributed by atoms with van der Waals surface area (Å²) in [5, 5.41) is 7.16. The zero-order valence-corrected chi connectivity index (χ0v) is 23.0. The summed E-state index contributed by atoms with van der Waals surface area (Å²) < 4.78 is 25.8. The molecule has 2 aliphatic rings. The fourth-order valence-corrected chi connectivity index (χ4v) is 6.83. The molecule has 4 heterocycles. The number of amides is 2. The summed E-state index contributed by atoms with van der Waals surface area (Å²) in [6.07, 6.45) is 1.93. The lowest BCUT2D eigenvalue weighted by Gasteiger charge is -2.29. The largest absolute Gasteiger partial charge is 0.351 e. The quantitative estimate of drug-likeness (QED) is 0.435. The number of rotatable bonds is 6. The van der Waals surface area contributed by atoms with Crippen molar-refractivity contribution in [2.45, 2.75) is 51.9 Å². The molecular weight excluding hydrogens is 512 g/mol. The van der Waals surface area contributed by atoms with Crippen LogP contribution in [0, 0.1) is 6.92 Å². The molecule has 0 unspecified atom stereocenters. The van der Waals surface area contributed by atoms with Crippen LogP contribution in [0.2, 0.25) is 0 Å². The van der Waals surface area contributed by atoms with Gasteiger partial charge < -0.3 is 15.6 Å². The van der Waals surface area contributed by atoms with Gasteiger partial charge in [-0.05, 0) is 39.0 Å². The van der Waals surface area contributed by atoms with Crippen LogP contribution in [0.3, 0.4) is 0 Å². The number of H-pyrrole nitrogens is 1. The molecule has 2 aromatic heterocycles. The monoisotopic (exact) mass is 544 g/mol. The van der Waals surface area contributed by atoms with Crippen LogP contribution in [0.5, 0.6) is 0 Å². The zero-order chi connectivity index (χ0) is 26.5. The maximum absolute atomic E-state index is 13.2. The number of sulfonamides is 1. The Bertz CT molecular complexity index is 1460. The molecule has 3 aromatic rings. The minimum Gasteiger partial charge on any atom is -0.351 e. The first kappa shape index (κ1) is 25.8. The van der Waals surface area contributed by atoms with Gasteiger partial charge in [0, 0.05) is 54.4 Å². The first-order chi connectivity index (χ1) is 17.5. The topological polar surface area (TPSA) is 128 Å². The highest BCUT2D eigenvalue weighted by molar-refractivity contribution is 7.88. The normalized spacial score (nSPS) is 20.9. The fraction of sp³-hybridized carbons (Fsp3) is 0.480. The van der Waals surface area contributed by atoms with Crippen LogP contribution in [0.1, 0.15) is 50.3 Å². The maximum Gasteiger partial charge on any atom is 0.280 e. The molecule has 2 amide bonds. The number of aryl methyl sites for hydroxylation is 1. The molecule has 198 valence electrons. The van der Waals surface area contributed by atoms with Gasteiger partial charge >= 0.3 is 0 Å². The van der Waals surface area contributed by atoms with Crippen molar-refractivity contribution in [2.24, 2.45) is 0 Å². The van der Waals surface area contributed by atoms with Crippen LogP contribution in [0.25, 0.3) is 10.9 Å².